The molecular formula is C23H28BrN3O2S. The van der Waals surface area contributed by atoms with Crippen LogP contribution < -0.4 is 5.32 Å². The number of hydrogen-bond acceptors (Lipinski definition) is 4. The van der Waals surface area contributed by atoms with E-state index >= 15 is 0 Å². The number of halogens is 1. The first-order valence-electron chi connectivity index (χ1n) is 10.3. The van der Waals surface area contributed by atoms with Crippen LogP contribution in [0.25, 0.3) is 0 Å². The fraction of sp³-hybridized carbons (Fsp3) is 0.435. The zero-order chi connectivity index (χ0) is 21.5. The molecule has 1 aromatic carbocycles. The van der Waals surface area contributed by atoms with E-state index in [2.05, 4.69) is 52.2 Å². The summed E-state index contributed by atoms with van der Waals surface area (Å²) in [6, 6.07) is 13.9. The molecule has 160 valence electrons. The molecular weight excluding hydrogens is 462 g/mol. The van der Waals surface area contributed by atoms with E-state index in [-0.39, 0.29) is 28.9 Å². The summed E-state index contributed by atoms with van der Waals surface area (Å²) in [5.74, 6) is 1.73. The van der Waals surface area contributed by atoms with Crippen molar-refractivity contribution in [3.8, 4) is 0 Å². The van der Waals surface area contributed by atoms with Gasteiger partial charge in [0.2, 0.25) is 11.8 Å². The number of carbonyl (C=O) groups is 2. The number of nitrogens with one attached hydrogen (secondary N) is 1. The van der Waals surface area contributed by atoms with Crippen LogP contribution in [0.5, 0.6) is 0 Å². The van der Waals surface area contributed by atoms with Crippen LogP contribution in [0, 0.1) is 11.8 Å². The van der Waals surface area contributed by atoms with Gasteiger partial charge in [-0.1, -0.05) is 44.2 Å². The number of nitrogens with zero attached hydrogens (tertiary/aromatic N) is 2. The van der Waals surface area contributed by atoms with Gasteiger partial charge < -0.3 is 10.2 Å². The maximum atomic E-state index is 13.2. The van der Waals surface area contributed by atoms with Gasteiger partial charge in [-0.3, -0.25) is 9.59 Å². The van der Waals surface area contributed by atoms with Gasteiger partial charge in [0.15, 0.2) is 0 Å². The van der Waals surface area contributed by atoms with Gasteiger partial charge in [0, 0.05) is 35.4 Å². The Balaban J connectivity index is 1.51. The molecule has 0 bridgehead atoms. The largest absolute Gasteiger partial charge is 0.342 e. The zero-order valence-electron chi connectivity index (χ0n) is 17.4. The highest BCUT2D eigenvalue weighted by Crippen LogP contribution is 2.28. The molecule has 1 fully saturated rings. The smallest absolute Gasteiger partial charge is 0.235 e. The molecule has 0 radical (unpaired) electrons. The van der Waals surface area contributed by atoms with Crippen molar-refractivity contribution >= 4 is 45.3 Å². The molecule has 1 atom stereocenters. The standard InChI is InChI=1S/C23H28BrN3O2S/c1-16(2)21(30-15-17-6-4-3-5-7-17)23(29)27-12-10-18(11-13-27)22(28)26-20-9-8-19(24)14-25-20/h3-9,14,16,18,21H,10-13,15H2,1-2H3,(H,25,26,28). The van der Waals surface area contributed by atoms with E-state index in [0.717, 1.165) is 10.2 Å². The minimum Gasteiger partial charge on any atom is -0.342 e. The highest BCUT2D eigenvalue weighted by Gasteiger charge is 2.32. The lowest BCUT2D eigenvalue weighted by atomic mass is 9.95. The Morgan fingerprint density at radius 2 is 1.87 bits per heavy atom. The van der Waals surface area contributed by atoms with Crippen LogP contribution in [0.15, 0.2) is 53.1 Å². The number of amides is 2. The number of carbonyl (C=O) groups excluding carboxylic acids is 2. The number of likely N-dealkylation sites (tertiary alicyclic amines) is 1. The SMILES string of the molecule is CC(C)C(SCc1ccccc1)C(=O)N1CCC(C(=O)Nc2ccc(Br)cn2)CC1. The van der Waals surface area contributed by atoms with Crippen molar-refractivity contribution in [3.63, 3.8) is 0 Å². The molecule has 2 heterocycles. The molecule has 7 heteroatoms. The Morgan fingerprint density at radius 1 is 1.17 bits per heavy atom. The molecule has 1 N–H and O–H groups in total. The van der Waals surface area contributed by atoms with E-state index in [0.29, 0.717) is 31.7 Å². The molecule has 1 unspecified atom stereocenters. The summed E-state index contributed by atoms with van der Waals surface area (Å²) >= 11 is 5.05. The predicted octanol–water partition coefficient (Wildman–Crippen LogP) is 4.98. The van der Waals surface area contributed by atoms with Gasteiger partial charge in [0.25, 0.3) is 0 Å². The van der Waals surface area contributed by atoms with Gasteiger partial charge in [-0.2, -0.15) is 0 Å². The Bertz CT molecular complexity index is 837. The average molecular weight is 490 g/mol. The molecule has 1 aromatic heterocycles. The van der Waals surface area contributed by atoms with Crippen LogP contribution in [0.2, 0.25) is 0 Å². The van der Waals surface area contributed by atoms with Crippen molar-refractivity contribution in [2.45, 2.75) is 37.7 Å². The molecule has 3 rings (SSSR count). The van der Waals surface area contributed by atoms with Crippen LogP contribution in [0.1, 0.15) is 32.3 Å². The maximum Gasteiger partial charge on any atom is 0.235 e. The second-order valence-corrected chi connectivity index (χ2v) is 9.96. The molecule has 0 saturated carbocycles. The van der Waals surface area contributed by atoms with Crippen molar-refractivity contribution in [1.82, 2.24) is 9.88 Å². The molecule has 5 nitrogen and oxygen atoms in total. The molecule has 0 spiro atoms. The fourth-order valence-electron chi connectivity index (χ4n) is 3.53. The molecule has 2 amide bonds. The number of anilines is 1. The number of piperidine rings is 1. The van der Waals surface area contributed by atoms with Gasteiger partial charge >= 0.3 is 0 Å². The first-order valence-corrected chi connectivity index (χ1v) is 12.1. The number of aromatic nitrogens is 1. The second-order valence-electron chi connectivity index (χ2n) is 7.91. The van der Waals surface area contributed by atoms with Crippen molar-refractivity contribution in [1.29, 1.82) is 0 Å². The van der Waals surface area contributed by atoms with Crippen LogP contribution in [0.3, 0.4) is 0 Å². The van der Waals surface area contributed by atoms with Crippen molar-refractivity contribution in [2.24, 2.45) is 11.8 Å². The summed E-state index contributed by atoms with van der Waals surface area (Å²) in [5, 5.41) is 2.82. The number of benzene rings is 1. The quantitative estimate of drug-likeness (QED) is 0.595. The summed E-state index contributed by atoms with van der Waals surface area (Å²) in [6.07, 6.45) is 3.03. The Morgan fingerprint density at radius 3 is 2.47 bits per heavy atom. The van der Waals surface area contributed by atoms with Crippen molar-refractivity contribution in [2.75, 3.05) is 18.4 Å². The van der Waals surface area contributed by atoms with Gasteiger partial charge in [-0.15, -0.1) is 11.8 Å². The first-order chi connectivity index (χ1) is 14.4. The number of thioether (sulfide) groups is 1. The second kappa shape index (κ2) is 11.0. The third-order valence-electron chi connectivity index (χ3n) is 5.28. The van der Waals surface area contributed by atoms with Gasteiger partial charge in [-0.25, -0.2) is 4.98 Å². The first kappa shape index (κ1) is 22.8. The molecule has 1 saturated heterocycles. The predicted molar refractivity (Wildman–Crippen MR) is 126 cm³/mol. The molecule has 2 aromatic rings. The van der Waals surface area contributed by atoms with E-state index in [1.807, 2.05) is 29.2 Å². The topological polar surface area (TPSA) is 62.3 Å². The van der Waals surface area contributed by atoms with Gasteiger partial charge in [-0.05, 0) is 52.4 Å². The summed E-state index contributed by atoms with van der Waals surface area (Å²) < 4.78 is 0.872. The monoisotopic (exact) mass is 489 g/mol. The third-order valence-corrected chi connectivity index (χ3v) is 7.35. The summed E-state index contributed by atoms with van der Waals surface area (Å²) in [4.78, 5) is 31.8. The molecule has 0 aliphatic carbocycles. The highest BCUT2D eigenvalue weighted by atomic mass is 79.9. The summed E-state index contributed by atoms with van der Waals surface area (Å²) in [7, 11) is 0. The van der Waals surface area contributed by atoms with E-state index in [1.54, 1.807) is 24.0 Å². The van der Waals surface area contributed by atoms with Crippen LogP contribution >= 0.6 is 27.7 Å². The lowest BCUT2D eigenvalue weighted by Crippen LogP contribution is -2.46. The fourth-order valence-corrected chi connectivity index (χ4v) is 5.00. The molecule has 30 heavy (non-hydrogen) atoms. The van der Waals surface area contributed by atoms with E-state index in [4.69, 9.17) is 0 Å². The van der Waals surface area contributed by atoms with Crippen LogP contribution in [-0.2, 0) is 15.3 Å². The van der Waals surface area contributed by atoms with Crippen molar-refractivity contribution < 1.29 is 9.59 Å². The number of rotatable bonds is 7. The van der Waals surface area contributed by atoms with E-state index in [9.17, 15) is 9.59 Å². The third kappa shape index (κ3) is 6.32. The van der Waals surface area contributed by atoms with Gasteiger partial charge in [0.1, 0.15) is 5.82 Å². The Hall–Kier alpha value is -1.86. The van der Waals surface area contributed by atoms with Crippen molar-refractivity contribution in [3.05, 3.63) is 58.7 Å². The minimum absolute atomic E-state index is 0.0178. The molecule has 1 aliphatic rings. The number of pyridine rings is 1. The normalized spacial score (nSPS) is 15.8. The number of hydrogen-bond donors (Lipinski definition) is 1. The Labute approximate surface area is 191 Å². The molecule has 1 aliphatic heterocycles. The lowest BCUT2D eigenvalue weighted by Gasteiger charge is -2.34. The Kier molecular flexibility index (Phi) is 8.33. The minimum atomic E-state index is -0.0889. The lowest BCUT2D eigenvalue weighted by molar-refractivity contribution is -0.134. The van der Waals surface area contributed by atoms with E-state index in [1.165, 1.54) is 5.56 Å². The summed E-state index contributed by atoms with van der Waals surface area (Å²) in [5.41, 5.74) is 1.23. The van der Waals surface area contributed by atoms with Crippen LogP contribution in [0.4, 0.5) is 5.82 Å². The summed E-state index contributed by atoms with van der Waals surface area (Å²) in [6.45, 7) is 5.46. The zero-order valence-corrected chi connectivity index (χ0v) is 19.8. The highest BCUT2D eigenvalue weighted by molar-refractivity contribution is 9.10. The van der Waals surface area contributed by atoms with Gasteiger partial charge in [0.05, 0.1) is 5.25 Å². The average Bonchev–Trinajstić information content (AvgIpc) is 2.76. The van der Waals surface area contributed by atoms with Crippen LogP contribution in [-0.4, -0.2) is 40.0 Å². The maximum absolute atomic E-state index is 13.2. The van der Waals surface area contributed by atoms with E-state index < -0.39 is 0 Å².